The van der Waals surface area contributed by atoms with Gasteiger partial charge in [-0.15, -0.1) is 0 Å². The van der Waals surface area contributed by atoms with E-state index < -0.39 is 6.98 Å². The summed E-state index contributed by atoms with van der Waals surface area (Å²) >= 11 is 0. The molecule has 4 aliphatic rings. The number of nitrogens with zero attached hydrogens (tertiary/aromatic N) is 8. The van der Waals surface area contributed by atoms with E-state index in [-0.39, 0.29) is 17.5 Å². The van der Waals surface area contributed by atoms with Gasteiger partial charge in [0.2, 0.25) is 0 Å². The van der Waals surface area contributed by atoms with E-state index in [1.165, 1.54) is 44.1 Å². The molecular formula is C74H78N8O2. The van der Waals surface area contributed by atoms with Crippen LogP contribution in [0.25, 0.3) is 0 Å². The molecule has 426 valence electrons. The van der Waals surface area contributed by atoms with Gasteiger partial charge in [0.1, 0.15) is 36.3 Å². The maximum absolute atomic E-state index is 8.45. The van der Waals surface area contributed by atoms with Gasteiger partial charge in [0, 0.05) is 76.5 Å². The SMILES string of the molecule is [2H]C([2H])([2H])N1CN(c2cc(Oc3cccc(N4CN(c5ccc(N6CN(c7cccc(Oc8cc(N9CN(C)c%10cc(C)c(C)cc%109)cc(C(C)(C)C)c8)c7)c7cc(C)c(C)cc76)cc5)c5ccccc54)c3)cc(C(C)(C)C)c2)c2cc(C)c(C)cc21. The molecule has 9 aromatic carbocycles. The zero-order chi connectivity index (χ0) is 61.2. The molecule has 4 heterocycles. The molecular weight excluding hydrogens is 1030 g/mol. The van der Waals surface area contributed by atoms with Gasteiger partial charge < -0.3 is 48.7 Å². The summed E-state index contributed by atoms with van der Waals surface area (Å²) < 4.78 is 39.1. The van der Waals surface area contributed by atoms with Crippen LogP contribution in [0.4, 0.5) is 79.6 Å². The maximum Gasteiger partial charge on any atom is 0.129 e. The van der Waals surface area contributed by atoms with Crippen LogP contribution in [0.2, 0.25) is 0 Å². The van der Waals surface area contributed by atoms with E-state index >= 15 is 0 Å². The van der Waals surface area contributed by atoms with E-state index in [1.807, 2.05) is 25.1 Å². The van der Waals surface area contributed by atoms with Gasteiger partial charge in [0.05, 0.1) is 58.8 Å². The molecule has 84 heavy (non-hydrogen) atoms. The molecule has 0 fully saturated rings. The predicted octanol–water partition coefficient (Wildman–Crippen LogP) is 19.3. The molecule has 0 unspecified atom stereocenters. The minimum Gasteiger partial charge on any atom is -0.457 e. The molecule has 0 saturated heterocycles. The van der Waals surface area contributed by atoms with Crippen molar-refractivity contribution in [2.75, 3.05) is 79.9 Å². The fourth-order valence-corrected chi connectivity index (χ4v) is 12.2. The largest absolute Gasteiger partial charge is 0.457 e. The number of para-hydroxylation sites is 2. The molecule has 10 heteroatoms. The van der Waals surface area contributed by atoms with Crippen molar-refractivity contribution < 1.29 is 13.6 Å². The Kier molecular flexibility index (Phi) is 12.3. The standard InChI is InChI=1S/C74H78N8O2/c1-47-29-67-69(31-49(47)3)77(43-75(67)13)59-35-53(73(7,8)9)37-63(41-59)83-61-21-17-19-57(39-61)81-45-79(65-23-15-16-24-66(65)81)55-25-27-56(28-26-55)80-46-82(72-34-52(6)51(5)33-71(72)80)58-20-18-22-62(40-58)84-64-38-54(74(10,11)12)36-60(42-64)78-44-76(14)68-30-48(2)50(4)32-70(68)78/h15-42H,43-46H2,1-14H3/i13D3. The second kappa shape index (κ2) is 20.4. The van der Waals surface area contributed by atoms with Crippen LogP contribution in [-0.2, 0) is 10.8 Å². The van der Waals surface area contributed by atoms with Gasteiger partial charge in [-0.3, -0.25) is 0 Å². The van der Waals surface area contributed by atoms with Crippen LogP contribution in [0.3, 0.4) is 0 Å². The van der Waals surface area contributed by atoms with Gasteiger partial charge in [0.15, 0.2) is 0 Å². The monoisotopic (exact) mass is 1110 g/mol. The second-order valence-corrected chi connectivity index (χ2v) is 25.7. The van der Waals surface area contributed by atoms with Crippen molar-refractivity contribution in [3.8, 4) is 23.0 Å². The molecule has 0 aliphatic carbocycles. The zero-order valence-corrected chi connectivity index (χ0v) is 50.9. The summed E-state index contributed by atoms with van der Waals surface area (Å²) in [6, 6.07) is 60.8. The lowest BCUT2D eigenvalue weighted by molar-refractivity contribution is 0.478. The van der Waals surface area contributed by atoms with Crippen LogP contribution in [0.5, 0.6) is 23.0 Å². The number of hydrogen-bond acceptors (Lipinski definition) is 10. The lowest BCUT2D eigenvalue weighted by atomic mass is 9.86. The number of anilines is 14. The number of rotatable bonds is 10. The summed E-state index contributed by atoms with van der Waals surface area (Å²) in [5.41, 5.74) is 24.0. The zero-order valence-electron chi connectivity index (χ0n) is 53.9. The summed E-state index contributed by atoms with van der Waals surface area (Å²) in [6.07, 6.45) is 0. The predicted molar refractivity (Wildman–Crippen MR) is 353 cm³/mol. The molecule has 9 aromatic rings. The van der Waals surface area contributed by atoms with Gasteiger partial charge in [-0.25, -0.2) is 0 Å². The highest BCUT2D eigenvalue weighted by Gasteiger charge is 2.33. The Hall–Kier alpha value is -9.02. The molecule has 0 amide bonds. The summed E-state index contributed by atoms with van der Waals surface area (Å²) in [5, 5.41) is 0. The molecule has 0 bridgehead atoms. The number of ether oxygens (including phenoxy) is 2. The summed E-state index contributed by atoms with van der Waals surface area (Å²) in [7, 11) is 2.17. The van der Waals surface area contributed by atoms with Crippen LogP contribution in [0, 0.1) is 41.5 Å². The van der Waals surface area contributed by atoms with Gasteiger partial charge in [-0.05, 0) is 218 Å². The first-order valence-corrected chi connectivity index (χ1v) is 29.4. The number of benzene rings is 9. The van der Waals surface area contributed by atoms with E-state index in [1.54, 1.807) is 0 Å². The first kappa shape index (κ1) is 50.7. The van der Waals surface area contributed by atoms with Crippen molar-refractivity contribution in [2.45, 2.75) is 93.9 Å². The van der Waals surface area contributed by atoms with E-state index in [2.05, 4.69) is 269 Å². The third-order valence-corrected chi connectivity index (χ3v) is 17.6. The molecule has 10 nitrogen and oxygen atoms in total. The lowest BCUT2D eigenvalue weighted by Crippen LogP contribution is -2.25. The van der Waals surface area contributed by atoms with Crippen LogP contribution in [0.15, 0.2) is 170 Å². The molecule has 0 saturated carbocycles. The first-order valence-electron chi connectivity index (χ1n) is 30.9. The number of fused-ring (bicyclic) bond motifs is 4. The van der Waals surface area contributed by atoms with Crippen LogP contribution in [0.1, 0.15) is 90.2 Å². The number of hydrogen-bond donors (Lipinski definition) is 0. The second-order valence-electron chi connectivity index (χ2n) is 25.7. The molecule has 0 radical (unpaired) electrons. The lowest BCUT2D eigenvalue weighted by Gasteiger charge is -2.26. The van der Waals surface area contributed by atoms with Gasteiger partial charge >= 0.3 is 0 Å². The summed E-state index contributed by atoms with van der Waals surface area (Å²) in [4.78, 5) is 17.9. The molecule has 0 N–H and O–H groups in total. The smallest absolute Gasteiger partial charge is 0.129 e. The van der Waals surface area contributed by atoms with E-state index in [0.29, 0.717) is 30.5 Å². The normalized spacial score (nSPS) is 15.3. The van der Waals surface area contributed by atoms with Crippen LogP contribution >= 0.6 is 0 Å². The highest BCUT2D eigenvalue weighted by atomic mass is 16.5. The first-order chi connectivity index (χ1) is 41.3. The Labute approximate surface area is 502 Å². The van der Waals surface area contributed by atoms with Gasteiger partial charge in [0.25, 0.3) is 0 Å². The number of aryl methyl sites for hydroxylation is 6. The fourth-order valence-electron chi connectivity index (χ4n) is 12.2. The fraction of sp³-hybridized carbons (Fsp3) is 0.270. The van der Waals surface area contributed by atoms with Gasteiger partial charge in [-0.2, -0.15) is 0 Å². The summed E-state index contributed by atoms with van der Waals surface area (Å²) in [5.74, 6) is 2.98. The van der Waals surface area contributed by atoms with Gasteiger partial charge in [-0.1, -0.05) is 65.8 Å². The van der Waals surface area contributed by atoms with Crippen molar-refractivity contribution in [3.63, 3.8) is 0 Å². The quantitative estimate of drug-likeness (QED) is 0.132. The average molecular weight is 1110 g/mol. The van der Waals surface area contributed by atoms with E-state index in [4.69, 9.17) is 13.6 Å². The summed E-state index contributed by atoms with van der Waals surface area (Å²) in [6.45, 7) is 26.1. The molecule has 13 rings (SSSR count). The maximum atomic E-state index is 8.45. The van der Waals surface area contributed by atoms with Crippen molar-refractivity contribution >= 4 is 79.6 Å². The Morgan fingerprint density at radius 1 is 0.310 bits per heavy atom. The average Bonchev–Trinajstić information content (AvgIpc) is 1.79. The van der Waals surface area contributed by atoms with E-state index in [9.17, 15) is 0 Å². The highest BCUT2D eigenvalue weighted by Crippen LogP contribution is 2.51. The molecule has 4 aliphatic heterocycles. The van der Waals surface area contributed by atoms with Crippen molar-refractivity contribution in [1.29, 1.82) is 0 Å². The topological polar surface area (TPSA) is 44.4 Å². The molecule has 0 spiro atoms. The van der Waals surface area contributed by atoms with Crippen LogP contribution < -0.4 is 48.7 Å². The minimum atomic E-state index is -2.30. The Morgan fingerprint density at radius 2 is 0.643 bits per heavy atom. The van der Waals surface area contributed by atoms with E-state index in [0.717, 1.165) is 97.4 Å². The van der Waals surface area contributed by atoms with Crippen molar-refractivity contribution in [1.82, 2.24) is 0 Å². The molecule has 0 atom stereocenters. The van der Waals surface area contributed by atoms with Crippen molar-refractivity contribution in [2.24, 2.45) is 0 Å². The Bertz CT molecular complexity index is 4180. The van der Waals surface area contributed by atoms with Crippen molar-refractivity contribution in [3.05, 3.63) is 214 Å². The Morgan fingerprint density at radius 3 is 1.06 bits per heavy atom. The Balaban J connectivity index is 0.753. The third kappa shape index (κ3) is 9.84. The van der Waals surface area contributed by atoms with Crippen LogP contribution in [-0.4, -0.2) is 40.7 Å². The molecule has 0 aromatic heterocycles. The minimum absolute atomic E-state index is 0.0967. The third-order valence-electron chi connectivity index (χ3n) is 17.6. The highest BCUT2D eigenvalue weighted by molar-refractivity contribution is 5.91.